The Morgan fingerprint density at radius 1 is 1.08 bits per heavy atom. The summed E-state index contributed by atoms with van der Waals surface area (Å²) in [5.74, 6) is 0.940. The molecule has 2 aliphatic rings. The largest absolute Gasteiger partial charge is 0.464 e. The van der Waals surface area contributed by atoms with Gasteiger partial charge >= 0.3 is 0 Å². The molecule has 5 rings (SSSR count). The molecule has 0 saturated carbocycles. The summed E-state index contributed by atoms with van der Waals surface area (Å²) in [6.45, 7) is 0. The number of fused-ring (bicyclic) bond motifs is 3. The standard InChI is InChI=1S/C19H15N3OS/c1-2-7-17-14(6-1)16-11-15(18-8-4-10-24-18)21-22(16)19(23-17)13-5-3-9-20-12-13/h1-10,12,16,19H,11H2/t16-,19+/m0/s1. The van der Waals surface area contributed by atoms with E-state index in [1.54, 1.807) is 17.5 Å². The van der Waals surface area contributed by atoms with Gasteiger partial charge in [-0.1, -0.05) is 30.3 Å². The van der Waals surface area contributed by atoms with E-state index in [1.807, 2.05) is 30.5 Å². The monoisotopic (exact) mass is 333 g/mol. The van der Waals surface area contributed by atoms with Crippen molar-refractivity contribution >= 4 is 17.0 Å². The van der Waals surface area contributed by atoms with Crippen LogP contribution in [0.25, 0.3) is 0 Å². The molecule has 4 heterocycles. The second-order valence-electron chi connectivity index (χ2n) is 5.92. The fraction of sp³-hybridized carbons (Fsp3) is 0.158. The van der Waals surface area contributed by atoms with E-state index >= 15 is 0 Å². The average molecular weight is 333 g/mol. The first-order valence-electron chi connectivity index (χ1n) is 7.95. The van der Waals surface area contributed by atoms with Crippen molar-refractivity contribution in [2.45, 2.75) is 18.7 Å². The number of para-hydroxylation sites is 1. The van der Waals surface area contributed by atoms with Crippen molar-refractivity contribution in [2.24, 2.45) is 5.10 Å². The summed E-state index contributed by atoms with van der Waals surface area (Å²) in [6.07, 6.45) is 4.30. The van der Waals surface area contributed by atoms with Crippen LogP contribution in [0.15, 0.2) is 71.4 Å². The van der Waals surface area contributed by atoms with E-state index in [2.05, 4.69) is 39.6 Å². The lowest BCUT2D eigenvalue weighted by atomic mass is 9.98. The van der Waals surface area contributed by atoms with Gasteiger partial charge in [0, 0.05) is 29.9 Å². The zero-order valence-corrected chi connectivity index (χ0v) is 13.7. The molecule has 5 heteroatoms. The maximum atomic E-state index is 6.28. The Balaban J connectivity index is 1.62. The molecule has 0 spiro atoms. The third-order valence-electron chi connectivity index (χ3n) is 4.47. The third-order valence-corrected chi connectivity index (χ3v) is 5.39. The van der Waals surface area contributed by atoms with Gasteiger partial charge in [0.2, 0.25) is 6.23 Å². The molecule has 0 bridgehead atoms. The maximum absolute atomic E-state index is 6.28. The maximum Gasteiger partial charge on any atom is 0.215 e. The number of benzene rings is 1. The van der Waals surface area contributed by atoms with Crippen molar-refractivity contribution in [3.05, 3.63) is 82.3 Å². The summed E-state index contributed by atoms with van der Waals surface area (Å²) < 4.78 is 6.28. The van der Waals surface area contributed by atoms with Crippen LogP contribution >= 0.6 is 11.3 Å². The molecule has 2 atom stereocenters. The van der Waals surface area contributed by atoms with Gasteiger partial charge in [-0.05, 0) is 23.6 Å². The minimum atomic E-state index is -0.240. The molecule has 0 N–H and O–H groups in total. The summed E-state index contributed by atoms with van der Waals surface area (Å²) in [6, 6.07) is 16.7. The van der Waals surface area contributed by atoms with Crippen LogP contribution < -0.4 is 4.74 Å². The van der Waals surface area contributed by atoms with Gasteiger partial charge in [0.1, 0.15) is 5.75 Å². The topological polar surface area (TPSA) is 37.7 Å². The van der Waals surface area contributed by atoms with Gasteiger partial charge in [-0.15, -0.1) is 11.3 Å². The van der Waals surface area contributed by atoms with E-state index in [0.717, 1.165) is 23.4 Å². The molecule has 118 valence electrons. The Morgan fingerprint density at radius 3 is 2.88 bits per heavy atom. The molecule has 2 aliphatic heterocycles. The van der Waals surface area contributed by atoms with Gasteiger partial charge in [0.15, 0.2) is 0 Å². The molecule has 3 aromatic rings. The first-order chi connectivity index (χ1) is 11.9. The Bertz CT molecular complexity index is 892. The van der Waals surface area contributed by atoms with Gasteiger partial charge in [-0.3, -0.25) is 4.98 Å². The molecule has 0 saturated heterocycles. The van der Waals surface area contributed by atoms with E-state index in [4.69, 9.17) is 9.84 Å². The molecule has 0 amide bonds. The summed E-state index contributed by atoms with van der Waals surface area (Å²) in [5, 5.41) is 9.10. The molecule has 0 fully saturated rings. The number of hydrazone groups is 1. The highest BCUT2D eigenvalue weighted by atomic mass is 32.1. The van der Waals surface area contributed by atoms with Crippen LogP contribution in [0.1, 0.15) is 34.7 Å². The van der Waals surface area contributed by atoms with Crippen LogP contribution in [-0.2, 0) is 0 Å². The molecule has 0 radical (unpaired) electrons. The van der Waals surface area contributed by atoms with Crippen molar-refractivity contribution in [3.8, 4) is 5.75 Å². The van der Waals surface area contributed by atoms with Gasteiger partial charge in [-0.2, -0.15) is 5.10 Å². The van der Waals surface area contributed by atoms with Crippen LogP contribution in [0.5, 0.6) is 5.75 Å². The number of thiophene rings is 1. The average Bonchev–Trinajstić information content (AvgIpc) is 3.31. The van der Waals surface area contributed by atoms with E-state index < -0.39 is 0 Å². The molecule has 1 aromatic carbocycles. The zero-order valence-electron chi connectivity index (χ0n) is 12.9. The number of hydrogen-bond acceptors (Lipinski definition) is 5. The van der Waals surface area contributed by atoms with Crippen LogP contribution in [0.2, 0.25) is 0 Å². The summed E-state index contributed by atoms with van der Waals surface area (Å²) in [7, 11) is 0. The van der Waals surface area contributed by atoms with Crippen LogP contribution in [0, 0.1) is 0 Å². The number of pyridine rings is 1. The molecular formula is C19H15N3OS. The third kappa shape index (κ3) is 2.12. The summed E-state index contributed by atoms with van der Waals surface area (Å²) in [5.41, 5.74) is 3.35. The van der Waals surface area contributed by atoms with Gasteiger partial charge < -0.3 is 4.74 Å². The van der Waals surface area contributed by atoms with E-state index in [9.17, 15) is 0 Å². The molecule has 0 unspecified atom stereocenters. The quantitative estimate of drug-likeness (QED) is 0.698. The minimum Gasteiger partial charge on any atom is -0.464 e. The van der Waals surface area contributed by atoms with Crippen LogP contribution in [-0.4, -0.2) is 15.7 Å². The second kappa shape index (κ2) is 5.46. The van der Waals surface area contributed by atoms with Gasteiger partial charge in [0.25, 0.3) is 0 Å². The Morgan fingerprint density at radius 2 is 2.04 bits per heavy atom. The smallest absolute Gasteiger partial charge is 0.215 e. The highest BCUT2D eigenvalue weighted by Crippen LogP contribution is 2.47. The predicted molar refractivity (Wildman–Crippen MR) is 94.1 cm³/mol. The molecule has 0 aliphatic carbocycles. The number of ether oxygens (including phenoxy) is 1. The van der Waals surface area contributed by atoms with E-state index in [0.29, 0.717) is 0 Å². The number of aromatic nitrogens is 1. The number of nitrogens with zero attached hydrogens (tertiary/aromatic N) is 3. The Labute approximate surface area is 144 Å². The lowest BCUT2D eigenvalue weighted by molar-refractivity contribution is -0.0192. The highest BCUT2D eigenvalue weighted by molar-refractivity contribution is 7.12. The fourth-order valence-corrected chi connectivity index (χ4v) is 4.09. The van der Waals surface area contributed by atoms with Gasteiger partial charge in [-0.25, -0.2) is 5.01 Å². The molecule has 2 aromatic heterocycles. The minimum absolute atomic E-state index is 0.206. The normalized spacial score (nSPS) is 21.7. The number of hydrogen-bond donors (Lipinski definition) is 0. The summed E-state index contributed by atoms with van der Waals surface area (Å²) >= 11 is 1.73. The van der Waals surface area contributed by atoms with Crippen molar-refractivity contribution < 1.29 is 4.74 Å². The Hall–Kier alpha value is -2.66. The van der Waals surface area contributed by atoms with Crippen molar-refractivity contribution in [1.82, 2.24) is 9.99 Å². The van der Waals surface area contributed by atoms with E-state index in [-0.39, 0.29) is 12.3 Å². The van der Waals surface area contributed by atoms with Crippen LogP contribution in [0.4, 0.5) is 0 Å². The summed E-state index contributed by atoms with van der Waals surface area (Å²) in [4.78, 5) is 5.47. The molecule has 4 nitrogen and oxygen atoms in total. The number of rotatable bonds is 2. The second-order valence-corrected chi connectivity index (χ2v) is 6.87. The first-order valence-corrected chi connectivity index (χ1v) is 8.83. The van der Waals surface area contributed by atoms with E-state index in [1.165, 1.54) is 10.4 Å². The van der Waals surface area contributed by atoms with Crippen LogP contribution in [0.3, 0.4) is 0 Å². The SMILES string of the molecule is c1cncc([C@H]2Oc3ccccc3[C@@H]3CC(c4cccs4)=NN23)c1. The highest BCUT2D eigenvalue weighted by Gasteiger charge is 2.40. The fourth-order valence-electron chi connectivity index (χ4n) is 3.37. The predicted octanol–water partition coefficient (Wildman–Crippen LogP) is 4.39. The van der Waals surface area contributed by atoms with Crippen molar-refractivity contribution in [3.63, 3.8) is 0 Å². The van der Waals surface area contributed by atoms with Gasteiger partial charge in [0.05, 0.1) is 16.6 Å². The molecule has 24 heavy (non-hydrogen) atoms. The Kier molecular flexibility index (Phi) is 3.13. The lowest BCUT2D eigenvalue weighted by Crippen LogP contribution is -2.33. The zero-order chi connectivity index (χ0) is 15.9. The van der Waals surface area contributed by atoms with Crippen molar-refractivity contribution in [1.29, 1.82) is 0 Å². The molecular weight excluding hydrogens is 318 g/mol. The van der Waals surface area contributed by atoms with Crippen molar-refractivity contribution in [2.75, 3.05) is 0 Å². The lowest BCUT2D eigenvalue weighted by Gasteiger charge is -2.38. The first kappa shape index (κ1) is 13.7.